The fourth-order valence-electron chi connectivity index (χ4n) is 1.10. The summed E-state index contributed by atoms with van der Waals surface area (Å²) in [7, 11) is 0. The lowest BCUT2D eigenvalue weighted by molar-refractivity contribution is 0.868. The lowest BCUT2D eigenvalue weighted by Gasteiger charge is -2.02. The summed E-state index contributed by atoms with van der Waals surface area (Å²) in [5.41, 5.74) is 1.03. The molecule has 2 aromatic rings. The first-order valence-corrected chi connectivity index (χ1v) is 4.66. The molecule has 5 heteroatoms. The standard InChI is InChI=1S/C9H5BrN4/c10-7-4-9(8(5-11)12-6-7)14-3-1-2-13-14/h1-4,6H. The Balaban J connectivity index is 2.63. The Morgan fingerprint density at radius 2 is 2.36 bits per heavy atom. The zero-order chi connectivity index (χ0) is 9.97. The number of rotatable bonds is 1. The Hall–Kier alpha value is -1.67. The van der Waals surface area contributed by atoms with Crippen LogP contribution in [0.4, 0.5) is 0 Å². The predicted octanol–water partition coefficient (Wildman–Crippen LogP) is 1.90. The van der Waals surface area contributed by atoms with Crippen LogP contribution in [0.1, 0.15) is 5.69 Å². The molecule has 0 unspecified atom stereocenters. The first-order chi connectivity index (χ1) is 6.81. The molecule has 0 spiro atoms. The third-order valence-electron chi connectivity index (χ3n) is 1.69. The van der Waals surface area contributed by atoms with Crippen LogP contribution in [0.15, 0.2) is 35.2 Å². The maximum atomic E-state index is 8.84. The Kier molecular flexibility index (Phi) is 2.29. The topological polar surface area (TPSA) is 54.5 Å². The first-order valence-electron chi connectivity index (χ1n) is 3.87. The Morgan fingerprint density at radius 1 is 1.50 bits per heavy atom. The van der Waals surface area contributed by atoms with Crippen LogP contribution in [-0.2, 0) is 0 Å². The van der Waals surface area contributed by atoms with Crippen molar-refractivity contribution in [2.75, 3.05) is 0 Å². The molecule has 2 aromatic heterocycles. The zero-order valence-corrected chi connectivity index (χ0v) is 8.64. The fraction of sp³-hybridized carbons (Fsp3) is 0. The Morgan fingerprint density at radius 3 is 3.00 bits per heavy atom. The fourth-order valence-corrected chi connectivity index (χ4v) is 1.42. The number of halogens is 1. The van der Waals surface area contributed by atoms with Gasteiger partial charge in [0.25, 0.3) is 0 Å². The largest absolute Gasteiger partial charge is 0.242 e. The van der Waals surface area contributed by atoms with Crippen LogP contribution in [0.25, 0.3) is 5.69 Å². The van der Waals surface area contributed by atoms with Crippen molar-refractivity contribution >= 4 is 15.9 Å². The van der Waals surface area contributed by atoms with E-state index in [4.69, 9.17) is 5.26 Å². The minimum absolute atomic E-state index is 0.358. The van der Waals surface area contributed by atoms with E-state index in [0.29, 0.717) is 11.4 Å². The summed E-state index contributed by atoms with van der Waals surface area (Å²) in [6.07, 6.45) is 5.01. The maximum absolute atomic E-state index is 8.84. The molecule has 0 saturated heterocycles. The third kappa shape index (κ3) is 1.52. The van der Waals surface area contributed by atoms with Gasteiger partial charge < -0.3 is 0 Å². The molecule has 0 atom stereocenters. The molecule has 0 aliphatic heterocycles. The summed E-state index contributed by atoms with van der Waals surface area (Å²) in [5, 5.41) is 12.9. The molecule has 0 amide bonds. The van der Waals surface area contributed by atoms with E-state index < -0.39 is 0 Å². The number of hydrogen-bond acceptors (Lipinski definition) is 3. The molecule has 4 nitrogen and oxygen atoms in total. The monoisotopic (exact) mass is 248 g/mol. The molecule has 68 valence electrons. The van der Waals surface area contributed by atoms with E-state index >= 15 is 0 Å². The molecule has 0 fully saturated rings. The van der Waals surface area contributed by atoms with Crippen molar-refractivity contribution in [3.05, 3.63) is 40.9 Å². The van der Waals surface area contributed by atoms with Crippen molar-refractivity contribution in [2.24, 2.45) is 0 Å². The average molecular weight is 249 g/mol. The van der Waals surface area contributed by atoms with Crippen LogP contribution in [0, 0.1) is 11.3 Å². The highest BCUT2D eigenvalue weighted by molar-refractivity contribution is 9.10. The molecular weight excluding hydrogens is 244 g/mol. The smallest absolute Gasteiger partial charge is 0.166 e. The molecule has 2 rings (SSSR count). The summed E-state index contributed by atoms with van der Waals surface area (Å²) in [6, 6.07) is 5.62. The van der Waals surface area contributed by atoms with Gasteiger partial charge in [-0.3, -0.25) is 0 Å². The normalized spacial score (nSPS) is 9.71. The highest BCUT2D eigenvalue weighted by atomic mass is 79.9. The van der Waals surface area contributed by atoms with Gasteiger partial charge >= 0.3 is 0 Å². The van der Waals surface area contributed by atoms with Gasteiger partial charge in [0, 0.05) is 23.1 Å². The molecule has 0 N–H and O–H groups in total. The number of pyridine rings is 1. The average Bonchev–Trinajstić information content (AvgIpc) is 2.70. The van der Waals surface area contributed by atoms with Gasteiger partial charge in [0.05, 0.1) is 0 Å². The minimum Gasteiger partial charge on any atom is -0.242 e. The van der Waals surface area contributed by atoms with Gasteiger partial charge in [-0.2, -0.15) is 10.4 Å². The van der Waals surface area contributed by atoms with Gasteiger partial charge in [0.1, 0.15) is 11.8 Å². The molecule has 14 heavy (non-hydrogen) atoms. The Bertz CT molecular complexity index is 484. The van der Waals surface area contributed by atoms with Gasteiger partial charge in [-0.05, 0) is 28.1 Å². The zero-order valence-electron chi connectivity index (χ0n) is 7.05. The second-order valence-corrected chi connectivity index (χ2v) is 3.50. The third-order valence-corrected chi connectivity index (χ3v) is 2.13. The van der Waals surface area contributed by atoms with Crippen LogP contribution < -0.4 is 0 Å². The van der Waals surface area contributed by atoms with Crippen LogP contribution in [-0.4, -0.2) is 14.8 Å². The van der Waals surface area contributed by atoms with E-state index in [1.165, 1.54) is 0 Å². The summed E-state index contributed by atoms with van der Waals surface area (Å²) in [4.78, 5) is 3.98. The number of aromatic nitrogens is 3. The maximum Gasteiger partial charge on any atom is 0.166 e. The summed E-state index contributed by atoms with van der Waals surface area (Å²) in [6.45, 7) is 0. The summed E-state index contributed by atoms with van der Waals surface area (Å²) >= 11 is 3.30. The van der Waals surface area contributed by atoms with Crippen LogP contribution >= 0.6 is 15.9 Å². The van der Waals surface area contributed by atoms with Crippen LogP contribution in [0.5, 0.6) is 0 Å². The van der Waals surface area contributed by atoms with E-state index in [0.717, 1.165) is 4.47 Å². The van der Waals surface area contributed by atoms with Crippen molar-refractivity contribution in [3.8, 4) is 11.8 Å². The number of hydrogen-bond donors (Lipinski definition) is 0. The number of nitrogens with zero attached hydrogens (tertiary/aromatic N) is 4. The van der Waals surface area contributed by atoms with Gasteiger partial charge in [-0.1, -0.05) is 0 Å². The molecule has 0 aliphatic rings. The van der Waals surface area contributed by atoms with E-state index in [1.807, 2.05) is 6.07 Å². The van der Waals surface area contributed by atoms with Crippen molar-refractivity contribution in [2.45, 2.75) is 0 Å². The van der Waals surface area contributed by atoms with Crippen LogP contribution in [0.3, 0.4) is 0 Å². The molecule has 0 aromatic carbocycles. The van der Waals surface area contributed by atoms with Crippen LogP contribution in [0.2, 0.25) is 0 Å². The SMILES string of the molecule is N#Cc1ncc(Br)cc1-n1cccn1. The second kappa shape index (κ2) is 3.60. The van der Waals surface area contributed by atoms with E-state index in [2.05, 4.69) is 26.0 Å². The predicted molar refractivity (Wildman–Crippen MR) is 53.8 cm³/mol. The van der Waals surface area contributed by atoms with Gasteiger partial charge in [0.2, 0.25) is 0 Å². The summed E-state index contributed by atoms with van der Waals surface area (Å²) < 4.78 is 2.43. The van der Waals surface area contributed by atoms with Crippen molar-refractivity contribution in [1.29, 1.82) is 5.26 Å². The molecule has 0 bridgehead atoms. The first kappa shape index (κ1) is 8.91. The highest BCUT2D eigenvalue weighted by Gasteiger charge is 2.05. The molecule has 0 saturated carbocycles. The lowest BCUT2D eigenvalue weighted by Crippen LogP contribution is -1.99. The Labute approximate surface area is 88.9 Å². The number of nitriles is 1. The quantitative estimate of drug-likeness (QED) is 0.775. The minimum atomic E-state index is 0.358. The van der Waals surface area contributed by atoms with Gasteiger partial charge in [-0.25, -0.2) is 9.67 Å². The lowest BCUT2D eigenvalue weighted by atomic mass is 10.3. The highest BCUT2D eigenvalue weighted by Crippen LogP contribution is 2.16. The van der Waals surface area contributed by atoms with Gasteiger partial charge in [0.15, 0.2) is 5.69 Å². The molecule has 2 heterocycles. The van der Waals surface area contributed by atoms with Crippen molar-refractivity contribution in [3.63, 3.8) is 0 Å². The van der Waals surface area contributed by atoms with E-state index in [-0.39, 0.29) is 0 Å². The van der Waals surface area contributed by atoms with E-state index in [1.54, 1.807) is 35.4 Å². The van der Waals surface area contributed by atoms with Crippen molar-refractivity contribution in [1.82, 2.24) is 14.8 Å². The van der Waals surface area contributed by atoms with Crippen molar-refractivity contribution < 1.29 is 0 Å². The second-order valence-electron chi connectivity index (χ2n) is 2.58. The molecular formula is C9H5BrN4. The van der Waals surface area contributed by atoms with Gasteiger partial charge in [-0.15, -0.1) is 0 Å². The molecule has 0 radical (unpaired) electrons. The van der Waals surface area contributed by atoms with E-state index in [9.17, 15) is 0 Å². The summed E-state index contributed by atoms with van der Waals surface area (Å²) in [5.74, 6) is 0. The molecule has 0 aliphatic carbocycles.